The third-order valence-electron chi connectivity index (χ3n) is 2.02. The van der Waals surface area contributed by atoms with Crippen LogP contribution in [0.25, 0.3) is 0 Å². The van der Waals surface area contributed by atoms with Gasteiger partial charge in [0.05, 0.1) is 4.34 Å². The molecule has 1 aromatic heterocycles. The van der Waals surface area contributed by atoms with Crippen LogP contribution < -0.4 is 5.32 Å². The third kappa shape index (κ3) is 5.07. The number of hydrogen-bond donors (Lipinski definition) is 1. The molecule has 1 aromatic rings. The Labute approximate surface area is 105 Å². The van der Waals surface area contributed by atoms with E-state index in [2.05, 4.69) is 24.2 Å². The van der Waals surface area contributed by atoms with Gasteiger partial charge >= 0.3 is 0 Å². The van der Waals surface area contributed by atoms with Crippen molar-refractivity contribution in [3.8, 4) is 0 Å². The van der Waals surface area contributed by atoms with Gasteiger partial charge in [-0.2, -0.15) is 11.8 Å². The summed E-state index contributed by atoms with van der Waals surface area (Å²) in [5.41, 5.74) is 1.28. The minimum Gasteiger partial charge on any atom is -0.309 e. The van der Waals surface area contributed by atoms with Crippen LogP contribution in [0.15, 0.2) is 24.1 Å². The Morgan fingerprint density at radius 1 is 1.73 bits per heavy atom. The van der Waals surface area contributed by atoms with Crippen LogP contribution in [-0.4, -0.2) is 18.1 Å². The van der Waals surface area contributed by atoms with Gasteiger partial charge in [-0.15, -0.1) is 17.9 Å². The standard InChI is InChI=1S/C11H16ClNS2/c1-3-5-14-6-4-13-9(2)10-7-11(12)15-8-10/h3,7-9,13H,1,4-6H2,2H3. The lowest BCUT2D eigenvalue weighted by Crippen LogP contribution is -2.20. The maximum absolute atomic E-state index is 5.88. The molecule has 0 saturated heterocycles. The van der Waals surface area contributed by atoms with Gasteiger partial charge < -0.3 is 5.32 Å². The summed E-state index contributed by atoms with van der Waals surface area (Å²) in [4.78, 5) is 0. The molecule has 0 saturated carbocycles. The normalized spacial score (nSPS) is 12.7. The van der Waals surface area contributed by atoms with Gasteiger partial charge in [-0.1, -0.05) is 17.7 Å². The molecule has 1 unspecified atom stereocenters. The molecule has 0 aromatic carbocycles. The Morgan fingerprint density at radius 2 is 2.53 bits per heavy atom. The molecule has 84 valence electrons. The molecule has 0 radical (unpaired) electrons. The summed E-state index contributed by atoms with van der Waals surface area (Å²) in [5.74, 6) is 2.15. The van der Waals surface area contributed by atoms with Gasteiger partial charge in [-0.05, 0) is 23.9 Å². The summed E-state index contributed by atoms with van der Waals surface area (Å²) < 4.78 is 0.861. The van der Waals surface area contributed by atoms with Crippen molar-refractivity contribution >= 4 is 34.7 Å². The second kappa shape index (κ2) is 7.34. The molecule has 0 bridgehead atoms. The summed E-state index contributed by atoms with van der Waals surface area (Å²) in [6.07, 6.45) is 1.94. The quantitative estimate of drug-likeness (QED) is 0.589. The molecule has 15 heavy (non-hydrogen) atoms. The fraction of sp³-hybridized carbons (Fsp3) is 0.455. The van der Waals surface area contributed by atoms with Crippen LogP contribution in [0.4, 0.5) is 0 Å². The van der Waals surface area contributed by atoms with Crippen molar-refractivity contribution in [3.63, 3.8) is 0 Å². The number of halogens is 1. The van der Waals surface area contributed by atoms with Crippen molar-refractivity contribution in [2.75, 3.05) is 18.1 Å². The zero-order valence-corrected chi connectivity index (χ0v) is 11.2. The molecule has 0 aliphatic rings. The van der Waals surface area contributed by atoms with Crippen LogP contribution in [0.2, 0.25) is 4.34 Å². The lowest BCUT2D eigenvalue weighted by atomic mass is 10.2. The molecule has 1 nitrogen and oxygen atoms in total. The predicted octanol–water partition coefficient (Wildman–Crippen LogP) is 3.97. The average Bonchev–Trinajstić information content (AvgIpc) is 2.64. The van der Waals surface area contributed by atoms with Crippen molar-refractivity contribution < 1.29 is 0 Å². The van der Waals surface area contributed by atoms with Crippen LogP contribution in [0.1, 0.15) is 18.5 Å². The third-order valence-corrected chi connectivity index (χ3v) is 4.09. The first-order valence-corrected chi connectivity index (χ1v) is 7.31. The van der Waals surface area contributed by atoms with Crippen LogP contribution in [-0.2, 0) is 0 Å². The van der Waals surface area contributed by atoms with Crippen molar-refractivity contribution in [2.45, 2.75) is 13.0 Å². The van der Waals surface area contributed by atoms with E-state index in [0.717, 1.165) is 22.4 Å². The lowest BCUT2D eigenvalue weighted by Gasteiger charge is -2.11. The summed E-state index contributed by atoms with van der Waals surface area (Å²) in [7, 11) is 0. The van der Waals surface area contributed by atoms with Crippen molar-refractivity contribution in [3.05, 3.63) is 34.0 Å². The van der Waals surface area contributed by atoms with Crippen LogP contribution in [0.5, 0.6) is 0 Å². The molecular weight excluding hydrogens is 246 g/mol. The summed E-state index contributed by atoms with van der Waals surface area (Å²) >= 11 is 9.36. The fourth-order valence-electron chi connectivity index (χ4n) is 1.18. The summed E-state index contributed by atoms with van der Waals surface area (Å²) in [6.45, 7) is 6.87. The Bertz CT molecular complexity index is 299. The maximum Gasteiger partial charge on any atom is 0.0931 e. The van der Waals surface area contributed by atoms with E-state index in [4.69, 9.17) is 11.6 Å². The van der Waals surface area contributed by atoms with E-state index >= 15 is 0 Å². The first kappa shape index (κ1) is 13.1. The molecule has 1 heterocycles. The summed E-state index contributed by atoms with van der Waals surface area (Å²) in [6, 6.07) is 2.42. The number of thiophene rings is 1. The molecule has 0 aliphatic heterocycles. The minimum atomic E-state index is 0.387. The minimum absolute atomic E-state index is 0.387. The van der Waals surface area contributed by atoms with Crippen LogP contribution in [0.3, 0.4) is 0 Å². The second-order valence-corrected chi connectivity index (χ2v) is 5.92. The van der Waals surface area contributed by atoms with Gasteiger partial charge in [0.25, 0.3) is 0 Å². The zero-order chi connectivity index (χ0) is 11.1. The number of hydrogen-bond acceptors (Lipinski definition) is 3. The molecule has 0 fully saturated rings. The average molecular weight is 262 g/mol. The first-order valence-electron chi connectivity index (χ1n) is 4.90. The van der Waals surface area contributed by atoms with Gasteiger partial charge in [0, 0.05) is 24.1 Å². The van der Waals surface area contributed by atoms with Crippen molar-refractivity contribution in [1.82, 2.24) is 5.32 Å². The Morgan fingerprint density at radius 3 is 3.13 bits per heavy atom. The second-order valence-electron chi connectivity index (χ2n) is 3.22. The highest BCUT2D eigenvalue weighted by Crippen LogP contribution is 2.24. The number of thioether (sulfide) groups is 1. The molecule has 0 amide bonds. The highest BCUT2D eigenvalue weighted by Gasteiger charge is 2.05. The smallest absolute Gasteiger partial charge is 0.0931 e. The summed E-state index contributed by atoms with van der Waals surface area (Å²) in [5, 5.41) is 5.57. The molecule has 1 atom stereocenters. The SMILES string of the molecule is C=CCSCCNC(C)c1csc(Cl)c1. The molecule has 0 spiro atoms. The first-order chi connectivity index (χ1) is 7.24. The van der Waals surface area contributed by atoms with E-state index in [0.29, 0.717) is 6.04 Å². The van der Waals surface area contributed by atoms with E-state index in [1.54, 1.807) is 11.3 Å². The van der Waals surface area contributed by atoms with E-state index in [1.807, 2.05) is 23.9 Å². The van der Waals surface area contributed by atoms with E-state index in [1.165, 1.54) is 5.56 Å². The van der Waals surface area contributed by atoms with E-state index in [-0.39, 0.29) is 0 Å². The van der Waals surface area contributed by atoms with Crippen LogP contribution in [0, 0.1) is 0 Å². The highest BCUT2D eigenvalue weighted by molar-refractivity contribution is 7.99. The highest BCUT2D eigenvalue weighted by atomic mass is 35.5. The van der Waals surface area contributed by atoms with Crippen molar-refractivity contribution in [2.24, 2.45) is 0 Å². The Balaban J connectivity index is 2.18. The largest absolute Gasteiger partial charge is 0.309 e. The van der Waals surface area contributed by atoms with Gasteiger partial charge in [0.15, 0.2) is 0 Å². The Kier molecular flexibility index (Phi) is 6.41. The van der Waals surface area contributed by atoms with Gasteiger partial charge in [0.1, 0.15) is 0 Å². The topological polar surface area (TPSA) is 12.0 Å². The fourth-order valence-corrected chi connectivity index (χ4v) is 2.76. The molecule has 4 heteroatoms. The van der Waals surface area contributed by atoms with E-state index < -0.39 is 0 Å². The molecule has 1 rings (SSSR count). The maximum atomic E-state index is 5.88. The zero-order valence-electron chi connectivity index (χ0n) is 8.83. The van der Waals surface area contributed by atoms with Gasteiger partial charge in [-0.3, -0.25) is 0 Å². The lowest BCUT2D eigenvalue weighted by molar-refractivity contribution is 0.603. The van der Waals surface area contributed by atoms with Crippen molar-refractivity contribution in [1.29, 1.82) is 0 Å². The van der Waals surface area contributed by atoms with Gasteiger partial charge in [-0.25, -0.2) is 0 Å². The molecule has 0 aliphatic carbocycles. The predicted molar refractivity (Wildman–Crippen MR) is 73.3 cm³/mol. The number of nitrogens with one attached hydrogen (secondary N) is 1. The molecular formula is C11H16ClNS2. The molecule has 1 N–H and O–H groups in total. The van der Waals surface area contributed by atoms with Gasteiger partial charge in [0.2, 0.25) is 0 Å². The number of rotatable bonds is 7. The monoisotopic (exact) mass is 261 g/mol. The Hall–Kier alpha value is 0.0400. The van der Waals surface area contributed by atoms with E-state index in [9.17, 15) is 0 Å². The van der Waals surface area contributed by atoms with Crippen LogP contribution >= 0.6 is 34.7 Å².